The third-order valence-corrected chi connectivity index (χ3v) is 9.44. The first kappa shape index (κ1) is 33.8. The second-order valence-corrected chi connectivity index (χ2v) is 12.1. The minimum Gasteiger partial charge on any atom is -0.480 e. The number of aromatic nitrogens is 4. The van der Waals surface area contributed by atoms with Crippen LogP contribution in [0.25, 0.3) is 0 Å². The smallest absolute Gasteiger partial charge is 0.327 e. The van der Waals surface area contributed by atoms with Crippen molar-refractivity contribution in [3.63, 3.8) is 0 Å². The van der Waals surface area contributed by atoms with Gasteiger partial charge in [0.2, 0.25) is 17.8 Å². The number of amides is 2. The lowest BCUT2D eigenvalue weighted by molar-refractivity contribution is -0.141. The van der Waals surface area contributed by atoms with Crippen LogP contribution in [0.2, 0.25) is 0 Å². The number of Topliss-reactive ketones (excluding diaryl/α,β-unsaturated/α-hetero) is 1. The second kappa shape index (κ2) is 15.7. The zero-order valence-corrected chi connectivity index (χ0v) is 24.7. The quantitative estimate of drug-likeness (QED) is 0.173. The number of rotatable bonds is 14. The van der Waals surface area contributed by atoms with Crippen LogP contribution in [0.15, 0.2) is 24.5 Å². The molecule has 1 aliphatic carbocycles. The Bertz CT molecular complexity index is 1260. The van der Waals surface area contributed by atoms with Crippen LogP contribution in [0.4, 0.5) is 8.78 Å². The first-order valence-corrected chi connectivity index (χ1v) is 15.2. The summed E-state index contributed by atoms with van der Waals surface area (Å²) in [6, 6.07) is -0.157. The maximum atomic E-state index is 14.2. The van der Waals surface area contributed by atoms with E-state index >= 15 is 0 Å². The van der Waals surface area contributed by atoms with Gasteiger partial charge in [-0.15, -0.1) is 23.5 Å². The van der Waals surface area contributed by atoms with Gasteiger partial charge >= 0.3 is 18.0 Å². The molecule has 2 aromatic heterocycles. The van der Waals surface area contributed by atoms with Gasteiger partial charge in [0.25, 0.3) is 0 Å². The van der Waals surface area contributed by atoms with E-state index in [9.17, 15) is 43.0 Å². The summed E-state index contributed by atoms with van der Waals surface area (Å²) in [4.78, 5) is 76.0. The summed E-state index contributed by atoms with van der Waals surface area (Å²) in [6.07, 6.45) is 2.45. The lowest BCUT2D eigenvalue weighted by atomic mass is 9.76. The standard InChI is InChI=1S/C26H30F2N6O7S2/c1-12(35)31-17(24(38)39)10-42-21(16-6-8-30-26(28)33-16)14-4-3-5-15(20(14)37)22(23-29-9-7-19(27)34-23)43-11-18(25(40)41)32-13(2)36/h6-9,14-15,17-18,21-22H,3-5,10-11H2,1-2H3,(H,31,35)(H,32,36)(H,38,39)(H,40,41)/t14?,15?,17-,18-,21?,22?/m0/s1. The largest absolute Gasteiger partial charge is 0.480 e. The van der Waals surface area contributed by atoms with Gasteiger partial charge in [0.1, 0.15) is 23.7 Å². The first-order chi connectivity index (χ1) is 20.4. The molecule has 2 heterocycles. The number of carbonyl (C=O) groups is 5. The molecule has 0 aromatic carbocycles. The molecule has 17 heteroatoms. The molecule has 0 bridgehead atoms. The number of carbonyl (C=O) groups excluding carboxylic acids is 3. The summed E-state index contributed by atoms with van der Waals surface area (Å²) >= 11 is 2.00. The number of halogens is 2. The maximum Gasteiger partial charge on any atom is 0.327 e. The fourth-order valence-electron chi connectivity index (χ4n) is 4.73. The first-order valence-electron chi connectivity index (χ1n) is 13.1. The van der Waals surface area contributed by atoms with Crippen molar-refractivity contribution in [1.29, 1.82) is 0 Å². The highest BCUT2D eigenvalue weighted by Gasteiger charge is 2.43. The van der Waals surface area contributed by atoms with Gasteiger partial charge in [-0.2, -0.15) is 8.78 Å². The third-order valence-electron chi connectivity index (χ3n) is 6.56. The third kappa shape index (κ3) is 9.64. The molecule has 1 aliphatic rings. The van der Waals surface area contributed by atoms with E-state index in [-0.39, 0.29) is 28.8 Å². The lowest BCUT2D eigenvalue weighted by Gasteiger charge is -2.36. The van der Waals surface area contributed by atoms with Crippen LogP contribution in [0.1, 0.15) is 55.1 Å². The average Bonchev–Trinajstić information content (AvgIpc) is 2.93. The molecule has 2 amide bonds. The summed E-state index contributed by atoms with van der Waals surface area (Å²) in [5.74, 6) is -6.95. The zero-order valence-electron chi connectivity index (χ0n) is 23.1. The number of ketones is 1. The number of nitrogens with zero attached hydrogens (tertiary/aromatic N) is 4. The van der Waals surface area contributed by atoms with Crippen LogP contribution in [0, 0.1) is 23.9 Å². The van der Waals surface area contributed by atoms with Gasteiger partial charge in [-0.1, -0.05) is 6.42 Å². The van der Waals surface area contributed by atoms with Crippen molar-refractivity contribution in [3.8, 4) is 0 Å². The van der Waals surface area contributed by atoms with E-state index in [1.54, 1.807) is 0 Å². The Morgan fingerprint density at radius 1 is 0.884 bits per heavy atom. The number of nitrogens with one attached hydrogen (secondary N) is 2. The van der Waals surface area contributed by atoms with Gasteiger partial charge in [0.05, 0.1) is 16.2 Å². The van der Waals surface area contributed by atoms with E-state index in [2.05, 4.69) is 30.6 Å². The summed E-state index contributed by atoms with van der Waals surface area (Å²) in [7, 11) is 0. The lowest BCUT2D eigenvalue weighted by Crippen LogP contribution is -2.42. The van der Waals surface area contributed by atoms with Gasteiger partial charge < -0.3 is 20.8 Å². The van der Waals surface area contributed by atoms with E-state index in [1.165, 1.54) is 25.4 Å². The van der Waals surface area contributed by atoms with Gasteiger partial charge in [-0.3, -0.25) is 14.4 Å². The molecular weight excluding hydrogens is 610 g/mol. The molecule has 0 spiro atoms. The number of thioether (sulfide) groups is 2. The van der Waals surface area contributed by atoms with Crippen LogP contribution < -0.4 is 10.6 Å². The second-order valence-electron chi connectivity index (χ2n) is 9.72. The highest BCUT2D eigenvalue weighted by molar-refractivity contribution is 7.99. The minimum atomic E-state index is -1.30. The Balaban J connectivity index is 1.96. The van der Waals surface area contributed by atoms with Gasteiger partial charge in [-0.25, -0.2) is 29.5 Å². The molecule has 1 fully saturated rings. The molecule has 43 heavy (non-hydrogen) atoms. The number of carboxylic acids is 2. The van der Waals surface area contributed by atoms with Crippen LogP contribution in [0.5, 0.6) is 0 Å². The van der Waals surface area contributed by atoms with Crippen molar-refractivity contribution in [2.75, 3.05) is 11.5 Å². The SMILES string of the molecule is CC(=O)N[C@@H](CSC(c1ccnc(F)n1)C1CCCC(C(SC[C@H](NC(C)=O)C(=O)O)c2nccc(F)n2)C1=O)C(=O)O. The van der Waals surface area contributed by atoms with Crippen molar-refractivity contribution >= 4 is 53.1 Å². The topological polar surface area (TPSA) is 201 Å². The highest BCUT2D eigenvalue weighted by Crippen LogP contribution is 2.48. The van der Waals surface area contributed by atoms with Gasteiger partial charge in [0.15, 0.2) is 0 Å². The Morgan fingerprint density at radius 2 is 1.42 bits per heavy atom. The number of hydrogen-bond donors (Lipinski definition) is 4. The van der Waals surface area contributed by atoms with Crippen molar-refractivity contribution in [3.05, 3.63) is 48.1 Å². The molecule has 1 saturated carbocycles. The highest BCUT2D eigenvalue weighted by atomic mass is 32.2. The Labute approximate surface area is 253 Å². The Hall–Kier alpha value is -3.73. The van der Waals surface area contributed by atoms with Crippen LogP contribution in [-0.2, 0) is 24.0 Å². The van der Waals surface area contributed by atoms with Crippen LogP contribution in [-0.4, -0.2) is 83.3 Å². The molecule has 4 N–H and O–H groups in total. The molecule has 2 aromatic rings. The van der Waals surface area contributed by atoms with Crippen molar-refractivity contribution < 1.29 is 43.0 Å². The predicted molar refractivity (Wildman–Crippen MR) is 151 cm³/mol. The summed E-state index contributed by atoms with van der Waals surface area (Å²) in [5.41, 5.74) is 0.145. The molecule has 0 aliphatic heterocycles. The van der Waals surface area contributed by atoms with E-state index in [0.29, 0.717) is 19.3 Å². The molecule has 4 unspecified atom stereocenters. The van der Waals surface area contributed by atoms with Crippen molar-refractivity contribution in [2.45, 2.75) is 55.7 Å². The molecule has 13 nitrogen and oxygen atoms in total. The number of carboxylic acid groups (broad SMARTS) is 2. The van der Waals surface area contributed by atoms with E-state index in [0.717, 1.165) is 36.5 Å². The van der Waals surface area contributed by atoms with Crippen molar-refractivity contribution in [2.24, 2.45) is 11.8 Å². The molecule has 3 rings (SSSR count). The van der Waals surface area contributed by atoms with E-state index < -0.39 is 70.2 Å². The van der Waals surface area contributed by atoms with Crippen LogP contribution >= 0.6 is 23.5 Å². The van der Waals surface area contributed by atoms with Gasteiger partial charge in [-0.05, 0) is 18.9 Å². The van der Waals surface area contributed by atoms with E-state index in [4.69, 9.17) is 0 Å². The summed E-state index contributed by atoms with van der Waals surface area (Å²) in [6.45, 7) is 2.33. The zero-order chi connectivity index (χ0) is 31.7. The molecule has 0 saturated heterocycles. The summed E-state index contributed by atoms with van der Waals surface area (Å²) < 4.78 is 28.2. The van der Waals surface area contributed by atoms with Gasteiger partial charge in [0, 0.05) is 55.6 Å². The fourth-order valence-corrected chi connectivity index (χ4v) is 7.55. The molecule has 0 radical (unpaired) electrons. The molecular formula is C26H30F2N6O7S2. The van der Waals surface area contributed by atoms with E-state index in [1.807, 2.05) is 0 Å². The monoisotopic (exact) mass is 640 g/mol. The van der Waals surface area contributed by atoms with Crippen LogP contribution in [0.3, 0.4) is 0 Å². The minimum absolute atomic E-state index is 0.0372. The normalized spacial score (nSPS) is 19.5. The Morgan fingerprint density at radius 3 is 1.93 bits per heavy atom. The maximum absolute atomic E-state index is 14.2. The molecule has 6 atom stereocenters. The number of hydrogen-bond acceptors (Lipinski definition) is 11. The molecule has 232 valence electrons. The average molecular weight is 641 g/mol. The predicted octanol–water partition coefficient (Wildman–Crippen LogP) is 1.96. The fraction of sp³-hybridized carbons (Fsp3) is 0.500. The van der Waals surface area contributed by atoms with Crippen molar-refractivity contribution in [1.82, 2.24) is 30.6 Å². The Kier molecular flexibility index (Phi) is 12.3. The number of aliphatic carboxylic acids is 2. The summed E-state index contributed by atoms with van der Waals surface area (Å²) in [5, 5.41) is 22.1.